The van der Waals surface area contributed by atoms with Crippen LogP contribution in [0.3, 0.4) is 0 Å². The molecule has 0 radical (unpaired) electrons. The molecule has 1 aromatic heterocycles. The minimum atomic E-state index is -4.68. The van der Waals surface area contributed by atoms with Gasteiger partial charge in [0, 0.05) is 5.56 Å². The van der Waals surface area contributed by atoms with Crippen LogP contribution in [0.25, 0.3) is 11.0 Å². The molecule has 0 aliphatic rings. The van der Waals surface area contributed by atoms with E-state index in [-0.39, 0.29) is 10.5 Å². The van der Waals surface area contributed by atoms with E-state index in [1.54, 1.807) is 0 Å². The molecular weight excluding hydrogens is 291 g/mol. The number of carboxylic acids is 1. The second-order valence-electron chi connectivity index (χ2n) is 4.30. The Labute approximate surface area is 116 Å². The third kappa shape index (κ3) is 3.71. The van der Waals surface area contributed by atoms with Gasteiger partial charge >= 0.3 is 12.1 Å². The van der Waals surface area contributed by atoms with Crippen LogP contribution in [0.2, 0.25) is 0 Å². The molecule has 2 rings (SSSR count). The summed E-state index contributed by atoms with van der Waals surface area (Å²) in [6, 6.07) is 4.10. The Morgan fingerprint density at radius 2 is 2.05 bits per heavy atom. The molecule has 0 atom stereocenters. The standard InChI is InChI=1S/C12H10F3N3O3/c13-12(14,15)5-18(4-10(19)20)11(21)7-1-2-8-9(3-7)17-6-16-8/h1-3,6H,4-5H2,(H,16,17)(H,19,20). The maximum atomic E-state index is 12.4. The number of carbonyl (C=O) groups excluding carboxylic acids is 1. The Hall–Kier alpha value is -2.58. The summed E-state index contributed by atoms with van der Waals surface area (Å²) < 4.78 is 37.3. The predicted molar refractivity (Wildman–Crippen MR) is 65.7 cm³/mol. The van der Waals surface area contributed by atoms with Crippen LogP contribution in [-0.2, 0) is 4.79 Å². The summed E-state index contributed by atoms with van der Waals surface area (Å²) in [5.41, 5.74) is 0.979. The SMILES string of the molecule is O=C(O)CN(CC(F)(F)F)C(=O)c1ccc2nc[nH]c2c1. The first kappa shape index (κ1) is 14.8. The van der Waals surface area contributed by atoms with Gasteiger partial charge in [-0.3, -0.25) is 9.59 Å². The normalized spacial score (nSPS) is 11.6. The number of hydrogen-bond donors (Lipinski definition) is 2. The molecule has 2 N–H and O–H groups in total. The topological polar surface area (TPSA) is 86.3 Å². The summed E-state index contributed by atoms with van der Waals surface area (Å²) >= 11 is 0. The van der Waals surface area contributed by atoms with Crippen LogP contribution >= 0.6 is 0 Å². The minimum absolute atomic E-state index is 0.0442. The fourth-order valence-corrected chi connectivity index (χ4v) is 1.83. The van der Waals surface area contributed by atoms with Gasteiger partial charge in [0.25, 0.3) is 5.91 Å². The molecule has 0 bridgehead atoms. The molecule has 1 aromatic carbocycles. The molecule has 6 nitrogen and oxygen atoms in total. The lowest BCUT2D eigenvalue weighted by molar-refractivity contribution is -0.149. The molecule has 21 heavy (non-hydrogen) atoms. The fraction of sp³-hybridized carbons (Fsp3) is 0.250. The van der Waals surface area contributed by atoms with Gasteiger partial charge in [0.15, 0.2) is 0 Å². The summed E-state index contributed by atoms with van der Waals surface area (Å²) in [6.45, 7) is -2.65. The molecule has 0 saturated heterocycles. The van der Waals surface area contributed by atoms with Gasteiger partial charge in [-0.2, -0.15) is 13.2 Å². The van der Waals surface area contributed by atoms with E-state index in [9.17, 15) is 22.8 Å². The van der Waals surface area contributed by atoms with E-state index in [0.717, 1.165) is 0 Å². The van der Waals surface area contributed by atoms with Crippen LogP contribution in [0.5, 0.6) is 0 Å². The van der Waals surface area contributed by atoms with Gasteiger partial charge in [-0.15, -0.1) is 0 Å². The van der Waals surface area contributed by atoms with Gasteiger partial charge in [-0.05, 0) is 18.2 Å². The van der Waals surface area contributed by atoms with Crippen LogP contribution in [0.4, 0.5) is 13.2 Å². The minimum Gasteiger partial charge on any atom is -0.480 e. The third-order valence-electron chi connectivity index (χ3n) is 2.65. The molecule has 2 aromatic rings. The largest absolute Gasteiger partial charge is 0.480 e. The molecule has 0 saturated carbocycles. The van der Waals surface area contributed by atoms with Gasteiger partial charge in [0.2, 0.25) is 0 Å². The number of hydrogen-bond acceptors (Lipinski definition) is 3. The van der Waals surface area contributed by atoms with Crippen molar-refractivity contribution in [1.29, 1.82) is 0 Å². The lowest BCUT2D eigenvalue weighted by Crippen LogP contribution is -2.42. The number of amides is 1. The number of halogens is 3. The third-order valence-corrected chi connectivity index (χ3v) is 2.65. The predicted octanol–water partition coefficient (Wildman–Crippen LogP) is 1.65. The molecule has 0 fully saturated rings. The Kier molecular flexibility index (Phi) is 3.83. The Balaban J connectivity index is 2.29. The van der Waals surface area contributed by atoms with Crippen LogP contribution in [0.1, 0.15) is 10.4 Å². The number of benzene rings is 1. The molecule has 0 aliphatic carbocycles. The van der Waals surface area contributed by atoms with Crippen molar-refractivity contribution >= 4 is 22.9 Å². The van der Waals surface area contributed by atoms with E-state index in [0.29, 0.717) is 11.0 Å². The van der Waals surface area contributed by atoms with Gasteiger partial charge in [0.1, 0.15) is 13.1 Å². The van der Waals surface area contributed by atoms with Crippen molar-refractivity contribution in [1.82, 2.24) is 14.9 Å². The molecule has 0 aliphatic heterocycles. The van der Waals surface area contributed by atoms with Crippen molar-refractivity contribution in [3.05, 3.63) is 30.1 Å². The van der Waals surface area contributed by atoms with E-state index < -0.39 is 31.1 Å². The highest BCUT2D eigenvalue weighted by molar-refractivity contribution is 5.98. The molecule has 9 heteroatoms. The first-order chi connectivity index (χ1) is 9.76. The number of rotatable bonds is 4. The highest BCUT2D eigenvalue weighted by atomic mass is 19.4. The Bertz CT molecular complexity index is 681. The number of imidazole rings is 1. The van der Waals surface area contributed by atoms with Gasteiger partial charge in [-0.1, -0.05) is 0 Å². The number of H-pyrrole nitrogens is 1. The zero-order valence-corrected chi connectivity index (χ0v) is 10.5. The first-order valence-electron chi connectivity index (χ1n) is 5.77. The van der Waals surface area contributed by atoms with Crippen molar-refractivity contribution in [3.63, 3.8) is 0 Å². The lowest BCUT2D eigenvalue weighted by atomic mass is 10.1. The molecule has 112 valence electrons. The Morgan fingerprint density at radius 3 is 2.67 bits per heavy atom. The quantitative estimate of drug-likeness (QED) is 0.899. The van der Waals surface area contributed by atoms with Gasteiger partial charge in [-0.25, -0.2) is 4.98 Å². The van der Waals surface area contributed by atoms with Crippen LogP contribution in [0.15, 0.2) is 24.5 Å². The van der Waals surface area contributed by atoms with Crippen molar-refractivity contribution in [2.45, 2.75) is 6.18 Å². The highest BCUT2D eigenvalue weighted by Gasteiger charge is 2.34. The second-order valence-corrected chi connectivity index (χ2v) is 4.30. The number of alkyl halides is 3. The van der Waals surface area contributed by atoms with Gasteiger partial charge in [0.05, 0.1) is 17.4 Å². The monoisotopic (exact) mass is 301 g/mol. The first-order valence-corrected chi connectivity index (χ1v) is 5.77. The number of carbonyl (C=O) groups is 2. The van der Waals surface area contributed by atoms with E-state index in [1.807, 2.05) is 0 Å². The van der Waals surface area contributed by atoms with E-state index in [2.05, 4.69) is 9.97 Å². The molecule has 0 spiro atoms. The zero-order valence-electron chi connectivity index (χ0n) is 10.5. The van der Waals surface area contributed by atoms with Crippen molar-refractivity contribution < 1.29 is 27.9 Å². The van der Waals surface area contributed by atoms with Crippen LogP contribution in [-0.4, -0.2) is 51.1 Å². The second kappa shape index (κ2) is 5.43. The van der Waals surface area contributed by atoms with Crippen molar-refractivity contribution in [3.8, 4) is 0 Å². The summed E-state index contributed by atoms with van der Waals surface area (Å²) in [6.07, 6.45) is -3.30. The number of fused-ring (bicyclic) bond motifs is 1. The smallest absolute Gasteiger partial charge is 0.406 e. The van der Waals surface area contributed by atoms with Crippen LogP contribution in [0, 0.1) is 0 Å². The summed E-state index contributed by atoms with van der Waals surface area (Å²) in [7, 11) is 0. The number of aromatic nitrogens is 2. The number of carboxylic acid groups (broad SMARTS) is 1. The number of aromatic amines is 1. The van der Waals surface area contributed by atoms with E-state index >= 15 is 0 Å². The average molecular weight is 301 g/mol. The maximum absolute atomic E-state index is 12.4. The van der Waals surface area contributed by atoms with Crippen LogP contribution < -0.4 is 0 Å². The van der Waals surface area contributed by atoms with Gasteiger partial charge < -0.3 is 15.0 Å². The number of nitrogens with one attached hydrogen (secondary N) is 1. The lowest BCUT2D eigenvalue weighted by Gasteiger charge is -2.22. The maximum Gasteiger partial charge on any atom is 0.406 e. The number of aliphatic carboxylic acids is 1. The van der Waals surface area contributed by atoms with E-state index in [4.69, 9.17) is 5.11 Å². The molecule has 0 unspecified atom stereocenters. The summed E-state index contributed by atoms with van der Waals surface area (Å²) in [5.74, 6) is -2.53. The molecular formula is C12H10F3N3O3. The summed E-state index contributed by atoms with van der Waals surface area (Å²) in [4.78, 5) is 29.6. The molecule has 1 heterocycles. The van der Waals surface area contributed by atoms with Crippen molar-refractivity contribution in [2.75, 3.05) is 13.1 Å². The average Bonchev–Trinajstić information content (AvgIpc) is 2.81. The fourth-order valence-electron chi connectivity index (χ4n) is 1.83. The molecule has 1 amide bonds. The zero-order chi connectivity index (χ0) is 15.6. The number of nitrogens with zero attached hydrogens (tertiary/aromatic N) is 2. The van der Waals surface area contributed by atoms with Crippen molar-refractivity contribution in [2.24, 2.45) is 0 Å². The van der Waals surface area contributed by atoms with E-state index in [1.165, 1.54) is 24.5 Å². The highest BCUT2D eigenvalue weighted by Crippen LogP contribution is 2.19. The summed E-state index contributed by atoms with van der Waals surface area (Å²) in [5, 5.41) is 8.64. The Morgan fingerprint density at radius 1 is 1.33 bits per heavy atom.